The highest BCUT2D eigenvalue weighted by Crippen LogP contribution is 2.17. The molecule has 1 saturated carbocycles. The van der Waals surface area contributed by atoms with Crippen molar-refractivity contribution in [2.24, 2.45) is 4.99 Å². The zero-order valence-corrected chi connectivity index (χ0v) is 15.5. The normalized spacial score (nSPS) is 16.0. The third-order valence-electron chi connectivity index (χ3n) is 3.87. The van der Waals surface area contributed by atoms with E-state index in [-0.39, 0.29) is 24.0 Å². The quantitative estimate of drug-likeness (QED) is 0.394. The minimum absolute atomic E-state index is 0. The Kier molecular flexibility index (Phi) is 6.87. The maximum Gasteiger partial charge on any atom is 0.216 e. The van der Waals surface area contributed by atoms with E-state index in [1.807, 2.05) is 12.1 Å². The van der Waals surface area contributed by atoms with E-state index in [0.717, 1.165) is 11.8 Å². The first-order valence-electron chi connectivity index (χ1n) is 7.77. The van der Waals surface area contributed by atoms with Crippen molar-refractivity contribution < 1.29 is 4.42 Å². The van der Waals surface area contributed by atoms with Crippen LogP contribution in [-0.2, 0) is 6.54 Å². The monoisotopic (exact) mass is 430 g/mol. The molecule has 3 N–H and O–H groups in total. The molecule has 1 fully saturated rings. The van der Waals surface area contributed by atoms with Gasteiger partial charge in [0.05, 0.1) is 12.8 Å². The van der Waals surface area contributed by atoms with Crippen LogP contribution in [-0.4, -0.2) is 34.2 Å². The molecule has 0 aliphatic heterocycles. The van der Waals surface area contributed by atoms with Crippen molar-refractivity contribution in [3.05, 3.63) is 24.2 Å². The van der Waals surface area contributed by atoms with Crippen molar-refractivity contribution >= 4 is 29.9 Å². The summed E-state index contributed by atoms with van der Waals surface area (Å²) >= 11 is 0. The number of guanidine groups is 1. The lowest BCUT2D eigenvalue weighted by Gasteiger charge is -2.24. The van der Waals surface area contributed by atoms with Gasteiger partial charge in [-0.3, -0.25) is 10.1 Å². The number of hydrogen-bond donors (Lipinski definition) is 3. The molecule has 0 radical (unpaired) electrons. The van der Waals surface area contributed by atoms with Crippen LogP contribution in [0, 0.1) is 0 Å². The predicted molar refractivity (Wildman–Crippen MR) is 99.7 cm³/mol. The minimum Gasteiger partial charge on any atom is -0.461 e. The zero-order chi connectivity index (χ0) is 15.2. The minimum atomic E-state index is 0. The van der Waals surface area contributed by atoms with Gasteiger partial charge in [-0.15, -0.1) is 29.1 Å². The molecule has 2 aromatic rings. The van der Waals surface area contributed by atoms with Crippen molar-refractivity contribution in [3.63, 3.8) is 0 Å². The van der Waals surface area contributed by atoms with E-state index in [1.165, 1.54) is 32.1 Å². The van der Waals surface area contributed by atoms with Crippen LogP contribution >= 0.6 is 24.0 Å². The number of halogens is 1. The van der Waals surface area contributed by atoms with Crippen LogP contribution in [0.25, 0.3) is 11.6 Å². The SMILES string of the molecule is CN=C(NCc1nc(-c2ccco2)n[nH]1)NC1CCCCC1.I. The molecule has 0 amide bonds. The molecule has 0 bridgehead atoms. The molecular formula is C15H23IN6O. The van der Waals surface area contributed by atoms with E-state index < -0.39 is 0 Å². The van der Waals surface area contributed by atoms with Gasteiger partial charge < -0.3 is 15.1 Å². The first kappa shape index (κ1) is 17.8. The van der Waals surface area contributed by atoms with Crippen molar-refractivity contribution in [2.45, 2.75) is 44.7 Å². The van der Waals surface area contributed by atoms with E-state index >= 15 is 0 Å². The summed E-state index contributed by atoms with van der Waals surface area (Å²) in [4.78, 5) is 8.67. The molecule has 1 aliphatic carbocycles. The van der Waals surface area contributed by atoms with Gasteiger partial charge in [-0.1, -0.05) is 19.3 Å². The Bertz CT molecular complexity index is 603. The summed E-state index contributed by atoms with van der Waals surface area (Å²) in [7, 11) is 1.78. The molecule has 1 aliphatic rings. The van der Waals surface area contributed by atoms with Crippen LogP contribution in [0.2, 0.25) is 0 Å². The molecule has 0 unspecified atom stereocenters. The Morgan fingerprint density at radius 3 is 2.91 bits per heavy atom. The highest BCUT2D eigenvalue weighted by atomic mass is 127. The van der Waals surface area contributed by atoms with Crippen LogP contribution in [0.3, 0.4) is 0 Å². The summed E-state index contributed by atoms with van der Waals surface area (Å²) in [5, 5.41) is 13.8. The lowest BCUT2D eigenvalue weighted by molar-refractivity contribution is 0.410. The number of rotatable bonds is 4. The molecule has 0 saturated heterocycles. The molecule has 2 aromatic heterocycles. The van der Waals surface area contributed by atoms with Crippen molar-refractivity contribution in [1.82, 2.24) is 25.8 Å². The van der Waals surface area contributed by atoms with E-state index in [0.29, 0.717) is 24.2 Å². The molecule has 23 heavy (non-hydrogen) atoms. The van der Waals surface area contributed by atoms with Crippen molar-refractivity contribution in [1.29, 1.82) is 0 Å². The van der Waals surface area contributed by atoms with Crippen LogP contribution in [0.15, 0.2) is 27.8 Å². The van der Waals surface area contributed by atoms with Gasteiger partial charge in [0, 0.05) is 13.1 Å². The molecule has 7 nitrogen and oxygen atoms in total. The number of aromatic nitrogens is 3. The lowest BCUT2D eigenvalue weighted by atomic mass is 9.96. The average Bonchev–Trinajstić information content (AvgIpc) is 3.23. The number of nitrogens with zero attached hydrogens (tertiary/aromatic N) is 3. The summed E-state index contributed by atoms with van der Waals surface area (Å²) in [5.74, 6) is 2.78. The van der Waals surface area contributed by atoms with Gasteiger partial charge in [0.2, 0.25) is 5.82 Å². The van der Waals surface area contributed by atoms with Gasteiger partial charge in [0.1, 0.15) is 5.82 Å². The van der Waals surface area contributed by atoms with Crippen LogP contribution in [0.5, 0.6) is 0 Å². The average molecular weight is 430 g/mol. The Labute approximate surface area is 152 Å². The number of nitrogens with one attached hydrogen (secondary N) is 3. The smallest absolute Gasteiger partial charge is 0.216 e. The second-order valence-electron chi connectivity index (χ2n) is 5.49. The Morgan fingerprint density at radius 1 is 1.39 bits per heavy atom. The molecular weight excluding hydrogens is 407 g/mol. The van der Waals surface area contributed by atoms with Gasteiger partial charge in [-0.25, -0.2) is 4.98 Å². The maximum atomic E-state index is 5.28. The van der Waals surface area contributed by atoms with Crippen molar-refractivity contribution in [2.75, 3.05) is 7.05 Å². The Hall–Kier alpha value is -1.58. The molecule has 2 heterocycles. The van der Waals surface area contributed by atoms with E-state index in [4.69, 9.17) is 4.42 Å². The summed E-state index contributed by atoms with van der Waals surface area (Å²) in [6.07, 6.45) is 7.97. The molecule has 3 rings (SSSR count). The fourth-order valence-corrected chi connectivity index (χ4v) is 2.69. The van der Waals surface area contributed by atoms with Gasteiger partial charge >= 0.3 is 0 Å². The molecule has 0 atom stereocenters. The van der Waals surface area contributed by atoms with E-state index in [9.17, 15) is 0 Å². The number of hydrogen-bond acceptors (Lipinski definition) is 4. The van der Waals surface area contributed by atoms with Gasteiger partial charge in [0.15, 0.2) is 11.7 Å². The molecule has 8 heteroatoms. The molecule has 0 aromatic carbocycles. The second kappa shape index (κ2) is 8.90. The highest BCUT2D eigenvalue weighted by Gasteiger charge is 2.15. The van der Waals surface area contributed by atoms with E-state index in [2.05, 4.69) is 30.8 Å². The predicted octanol–water partition coefficient (Wildman–Crippen LogP) is 2.68. The van der Waals surface area contributed by atoms with Crippen LogP contribution in [0.1, 0.15) is 37.9 Å². The van der Waals surface area contributed by atoms with Gasteiger partial charge in [0.25, 0.3) is 0 Å². The standard InChI is InChI=1S/C15H22N6O.HI/c1-16-15(18-11-6-3-2-4-7-11)17-10-13-19-14(21-20-13)12-8-5-9-22-12;/h5,8-9,11H,2-4,6-7,10H2,1H3,(H2,16,17,18)(H,19,20,21);1H. The third kappa shape index (κ3) is 4.95. The van der Waals surface area contributed by atoms with Crippen LogP contribution < -0.4 is 10.6 Å². The number of furan rings is 1. The zero-order valence-electron chi connectivity index (χ0n) is 13.2. The van der Waals surface area contributed by atoms with Crippen LogP contribution in [0.4, 0.5) is 0 Å². The fourth-order valence-electron chi connectivity index (χ4n) is 2.69. The van der Waals surface area contributed by atoms with E-state index in [1.54, 1.807) is 13.3 Å². The summed E-state index contributed by atoms with van der Waals surface area (Å²) in [6, 6.07) is 4.18. The summed E-state index contributed by atoms with van der Waals surface area (Å²) < 4.78 is 5.28. The number of H-pyrrole nitrogens is 1. The second-order valence-corrected chi connectivity index (χ2v) is 5.49. The Balaban J connectivity index is 0.00000192. The highest BCUT2D eigenvalue weighted by molar-refractivity contribution is 14.0. The Morgan fingerprint density at radius 2 is 2.22 bits per heavy atom. The first-order valence-corrected chi connectivity index (χ1v) is 7.77. The lowest BCUT2D eigenvalue weighted by Crippen LogP contribution is -2.43. The summed E-state index contributed by atoms with van der Waals surface area (Å²) in [5.41, 5.74) is 0. The number of aromatic amines is 1. The van der Waals surface area contributed by atoms with Gasteiger partial charge in [-0.05, 0) is 25.0 Å². The van der Waals surface area contributed by atoms with Gasteiger partial charge in [-0.2, -0.15) is 0 Å². The molecule has 0 spiro atoms. The first-order chi connectivity index (χ1) is 10.8. The third-order valence-corrected chi connectivity index (χ3v) is 3.87. The van der Waals surface area contributed by atoms with Crippen molar-refractivity contribution in [3.8, 4) is 11.6 Å². The summed E-state index contributed by atoms with van der Waals surface area (Å²) in [6.45, 7) is 0.542. The largest absolute Gasteiger partial charge is 0.461 e. The maximum absolute atomic E-state index is 5.28. The topological polar surface area (TPSA) is 91.1 Å². The molecule has 126 valence electrons. The fraction of sp³-hybridized carbons (Fsp3) is 0.533. The number of aliphatic imine (C=N–C) groups is 1.